The van der Waals surface area contributed by atoms with Crippen molar-refractivity contribution in [3.8, 4) is 44.8 Å². The predicted octanol–water partition coefficient (Wildman–Crippen LogP) is 13.0. The highest BCUT2D eigenvalue weighted by molar-refractivity contribution is 6.22. The molecule has 0 spiro atoms. The lowest BCUT2D eigenvalue weighted by molar-refractivity contribution is 0.673. The molecule has 0 radical (unpaired) electrons. The van der Waals surface area contributed by atoms with Crippen LogP contribution in [0.2, 0.25) is 0 Å². The number of allylic oxidation sites excluding steroid dienone is 4. The Labute approximate surface area is 295 Å². The van der Waals surface area contributed by atoms with E-state index in [2.05, 4.69) is 170 Å². The number of hydrogen-bond donors (Lipinski definition) is 0. The summed E-state index contributed by atoms with van der Waals surface area (Å²) in [5.74, 6) is 0.951. The molecule has 0 fully saturated rings. The first-order valence-corrected chi connectivity index (χ1v) is 17.5. The van der Waals surface area contributed by atoms with Gasteiger partial charge in [0.15, 0.2) is 0 Å². The van der Waals surface area contributed by atoms with Crippen LogP contribution in [0.5, 0.6) is 0 Å². The molecule has 51 heavy (non-hydrogen) atoms. The van der Waals surface area contributed by atoms with Gasteiger partial charge in [0.25, 0.3) is 0 Å². The number of nitrogens with zero attached hydrogens (tertiary/aromatic N) is 2. The number of rotatable bonds is 5. The molecule has 0 saturated carbocycles. The Hall–Kier alpha value is -6.58. The van der Waals surface area contributed by atoms with Crippen LogP contribution in [0.15, 0.2) is 180 Å². The Morgan fingerprint density at radius 2 is 1.24 bits per heavy atom. The van der Waals surface area contributed by atoms with Gasteiger partial charge in [0.05, 0.1) is 11.4 Å². The number of aromatic nitrogens is 2. The van der Waals surface area contributed by atoms with Gasteiger partial charge in [-0.15, -0.1) is 0 Å². The molecule has 240 valence electrons. The first-order chi connectivity index (χ1) is 25.3. The summed E-state index contributed by atoms with van der Waals surface area (Å²) in [7, 11) is 0. The molecule has 2 heterocycles. The van der Waals surface area contributed by atoms with Gasteiger partial charge < -0.3 is 4.42 Å². The maximum Gasteiger partial charge on any atom is 0.143 e. The van der Waals surface area contributed by atoms with Gasteiger partial charge in [0.1, 0.15) is 17.0 Å². The first-order valence-electron chi connectivity index (χ1n) is 17.5. The molecular formula is C48H32N2O. The van der Waals surface area contributed by atoms with Gasteiger partial charge in [-0.05, 0) is 69.1 Å². The largest absolute Gasteiger partial charge is 0.455 e. The van der Waals surface area contributed by atoms with E-state index >= 15 is 0 Å². The molecule has 7 aromatic carbocycles. The van der Waals surface area contributed by atoms with Crippen molar-refractivity contribution >= 4 is 43.5 Å². The highest BCUT2D eigenvalue weighted by atomic mass is 16.3. The van der Waals surface area contributed by atoms with E-state index in [-0.39, 0.29) is 5.92 Å². The molecule has 0 saturated heterocycles. The zero-order valence-corrected chi connectivity index (χ0v) is 27.8. The monoisotopic (exact) mass is 652 g/mol. The van der Waals surface area contributed by atoms with Crippen LogP contribution in [0, 0.1) is 0 Å². The molecule has 3 heteroatoms. The van der Waals surface area contributed by atoms with Crippen molar-refractivity contribution in [2.24, 2.45) is 0 Å². The quantitative estimate of drug-likeness (QED) is 0.186. The van der Waals surface area contributed by atoms with Crippen molar-refractivity contribution in [2.75, 3.05) is 0 Å². The van der Waals surface area contributed by atoms with Gasteiger partial charge in [-0.2, -0.15) is 0 Å². The van der Waals surface area contributed by atoms with Crippen molar-refractivity contribution in [1.82, 2.24) is 9.97 Å². The van der Waals surface area contributed by atoms with Crippen LogP contribution in [0.4, 0.5) is 0 Å². The molecule has 1 aliphatic carbocycles. The highest BCUT2D eigenvalue weighted by Crippen LogP contribution is 2.43. The average Bonchev–Trinajstić information content (AvgIpc) is 3.60. The first kappa shape index (κ1) is 29.3. The summed E-state index contributed by atoms with van der Waals surface area (Å²) in [6, 6.07) is 53.8. The standard InChI is InChI=1S/C48H32N2O/c1-3-13-34(14-4-1)43-30-44(50-48(49-43)35-15-5-2-6-16-35)41-29-42-46-38(20-11-21-45(46)51-47(42)40-19-10-9-18-39(40)41)33-25-22-32(23-26-33)37-27-24-31-12-7-8-17-36(31)28-37/h1-15,17-30,35H,16H2. The highest BCUT2D eigenvalue weighted by Gasteiger charge is 2.21. The zero-order chi connectivity index (χ0) is 33.7. The van der Waals surface area contributed by atoms with Crippen LogP contribution >= 0.6 is 0 Å². The van der Waals surface area contributed by atoms with Crippen molar-refractivity contribution in [3.05, 3.63) is 182 Å². The third-order valence-corrected chi connectivity index (χ3v) is 10.2. The van der Waals surface area contributed by atoms with E-state index in [1.807, 2.05) is 6.07 Å². The van der Waals surface area contributed by atoms with Crippen molar-refractivity contribution in [3.63, 3.8) is 0 Å². The van der Waals surface area contributed by atoms with Gasteiger partial charge >= 0.3 is 0 Å². The molecule has 1 aliphatic rings. The minimum Gasteiger partial charge on any atom is -0.455 e. The third kappa shape index (κ3) is 5.14. The molecule has 1 unspecified atom stereocenters. The summed E-state index contributed by atoms with van der Waals surface area (Å²) in [4.78, 5) is 10.4. The van der Waals surface area contributed by atoms with Gasteiger partial charge in [-0.1, -0.05) is 152 Å². The summed E-state index contributed by atoms with van der Waals surface area (Å²) in [5, 5.41) is 6.86. The summed E-state index contributed by atoms with van der Waals surface area (Å²) >= 11 is 0. The van der Waals surface area contributed by atoms with Gasteiger partial charge in [-0.3, -0.25) is 0 Å². The predicted molar refractivity (Wildman–Crippen MR) is 212 cm³/mol. The van der Waals surface area contributed by atoms with E-state index in [0.29, 0.717) is 0 Å². The van der Waals surface area contributed by atoms with Gasteiger partial charge in [0.2, 0.25) is 0 Å². The van der Waals surface area contributed by atoms with E-state index in [4.69, 9.17) is 14.4 Å². The maximum atomic E-state index is 6.72. The Bertz CT molecular complexity index is 2830. The molecular weight excluding hydrogens is 621 g/mol. The summed E-state index contributed by atoms with van der Waals surface area (Å²) in [6.45, 7) is 0. The summed E-state index contributed by atoms with van der Waals surface area (Å²) in [5.41, 5.74) is 10.4. The van der Waals surface area contributed by atoms with E-state index in [9.17, 15) is 0 Å². The smallest absolute Gasteiger partial charge is 0.143 e. The molecule has 0 aliphatic heterocycles. The van der Waals surface area contributed by atoms with E-state index in [1.165, 1.54) is 21.9 Å². The molecule has 2 aromatic heterocycles. The number of fused-ring (bicyclic) bond motifs is 6. The second-order valence-electron chi connectivity index (χ2n) is 13.3. The van der Waals surface area contributed by atoms with Crippen LogP contribution in [0.3, 0.4) is 0 Å². The maximum absolute atomic E-state index is 6.72. The van der Waals surface area contributed by atoms with E-state index in [0.717, 1.165) is 78.6 Å². The Balaban J connectivity index is 1.16. The Kier molecular flexibility index (Phi) is 6.95. The molecule has 0 N–H and O–H groups in total. The van der Waals surface area contributed by atoms with E-state index in [1.54, 1.807) is 0 Å². The van der Waals surface area contributed by atoms with Crippen LogP contribution in [0.25, 0.3) is 88.3 Å². The van der Waals surface area contributed by atoms with Crippen LogP contribution < -0.4 is 0 Å². The van der Waals surface area contributed by atoms with Gasteiger partial charge in [0, 0.05) is 33.2 Å². The topological polar surface area (TPSA) is 38.9 Å². The second kappa shape index (κ2) is 12.1. The molecule has 9 aromatic rings. The molecule has 0 bridgehead atoms. The van der Waals surface area contributed by atoms with E-state index < -0.39 is 0 Å². The van der Waals surface area contributed by atoms with Crippen molar-refractivity contribution in [2.45, 2.75) is 12.3 Å². The lowest BCUT2D eigenvalue weighted by Crippen LogP contribution is -2.05. The summed E-state index contributed by atoms with van der Waals surface area (Å²) in [6.07, 6.45) is 9.47. The number of hydrogen-bond acceptors (Lipinski definition) is 3. The summed E-state index contributed by atoms with van der Waals surface area (Å²) < 4.78 is 6.72. The SMILES string of the molecule is C1=CCC(c2nc(-c3ccccc3)cc(-c3cc4c(oc5cccc(-c6ccc(-c7ccc8ccccc8c7)cc6)c54)c4ccccc34)n2)C=C1. The minimum atomic E-state index is 0.117. The molecule has 3 nitrogen and oxygen atoms in total. The molecule has 0 amide bonds. The fourth-order valence-corrected chi connectivity index (χ4v) is 7.61. The fraction of sp³-hybridized carbons (Fsp3) is 0.0417. The van der Waals surface area contributed by atoms with Gasteiger partial charge in [-0.25, -0.2) is 9.97 Å². The minimum absolute atomic E-state index is 0.117. The number of benzene rings is 7. The lowest BCUT2D eigenvalue weighted by atomic mass is 9.93. The van der Waals surface area contributed by atoms with Crippen LogP contribution in [-0.4, -0.2) is 9.97 Å². The second-order valence-corrected chi connectivity index (χ2v) is 13.3. The van der Waals surface area contributed by atoms with Crippen molar-refractivity contribution in [1.29, 1.82) is 0 Å². The Morgan fingerprint density at radius 3 is 2.08 bits per heavy atom. The van der Waals surface area contributed by atoms with Crippen molar-refractivity contribution < 1.29 is 4.42 Å². The lowest BCUT2D eigenvalue weighted by Gasteiger charge is -2.16. The number of furan rings is 1. The zero-order valence-electron chi connectivity index (χ0n) is 27.8. The van der Waals surface area contributed by atoms with Crippen LogP contribution in [0.1, 0.15) is 18.2 Å². The normalized spacial score (nSPS) is 14.2. The third-order valence-electron chi connectivity index (χ3n) is 10.2. The average molecular weight is 653 g/mol. The Morgan fingerprint density at radius 1 is 0.490 bits per heavy atom. The molecule has 1 atom stereocenters. The van der Waals surface area contributed by atoms with Crippen LogP contribution in [-0.2, 0) is 0 Å². The fourth-order valence-electron chi connectivity index (χ4n) is 7.61. The molecule has 10 rings (SSSR count).